The number of hydrogen-bond acceptors (Lipinski definition) is 6. The number of ether oxygens (including phenoxy) is 2. The van der Waals surface area contributed by atoms with Crippen molar-refractivity contribution in [3.05, 3.63) is 95.7 Å². The second-order valence-electron chi connectivity index (χ2n) is 7.64. The van der Waals surface area contributed by atoms with Gasteiger partial charge in [0.05, 0.1) is 25.6 Å². The van der Waals surface area contributed by atoms with Gasteiger partial charge >= 0.3 is 5.97 Å². The molecule has 0 unspecified atom stereocenters. The van der Waals surface area contributed by atoms with Crippen LogP contribution in [0.4, 0.5) is 0 Å². The lowest BCUT2D eigenvalue weighted by molar-refractivity contribution is 0.0597. The third-order valence-electron chi connectivity index (χ3n) is 5.31. The Morgan fingerprint density at radius 3 is 2.59 bits per heavy atom. The third-order valence-corrected chi connectivity index (χ3v) is 5.31. The number of methoxy groups -OCH3 is 1. The fourth-order valence-corrected chi connectivity index (χ4v) is 3.62. The summed E-state index contributed by atoms with van der Waals surface area (Å²) >= 11 is 0. The molecule has 174 valence electrons. The van der Waals surface area contributed by atoms with Gasteiger partial charge in [-0.05, 0) is 29.8 Å². The highest BCUT2D eigenvalue weighted by Gasteiger charge is 2.12. The van der Waals surface area contributed by atoms with Crippen LogP contribution >= 0.6 is 0 Å². The number of oxime groups is 1. The van der Waals surface area contributed by atoms with Gasteiger partial charge in [0.15, 0.2) is 0 Å². The van der Waals surface area contributed by atoms with E-state index in [1.54, 1.807) is 12.3 Å². The zero-order chi connectivity index (χ0) is 23.8. The summed E-state index contributed by atoms with van der Waals surface area (Å²) in [6, 6.07) is 25.1. The topological polar surface area (TPSA) is 82.3 Å². The van der Waals surface area contributed by atoms with Crippen LogP contribution in [0.2, 0.25) is 0 Å². The molecule has 0 aliphatic heterocycles. The van der Waals surface area contributed by atoms with Crippen LogP contribution in [0.5, 0.6) is 11.5 Å². The summed E-state index contributed by atoms with van der Waals surface area (Å²) in [7, 11) is 1.26. The summed E-state index contributed by atoms with van der Waals surface area (Å²) in [4.78, 5) is 16.9. The Morgan fingerprint density at radius 1 is 1.00 bits per heavy atom. The fraction of sp³-hybridized carbons (Fsp3) is 0.185. The average Bonchev–Trinajstić information content (AvgIpc) is 3.21. The number of aromatic nitrogens is 1. The van der Waals surface area contributed by atoms with Gasteiger partial charge in [-0.15, -0.1) is 0 Å². The molecule has 0 atom stereocenters. The van der Waals surface area contributed by atoms with E-state index in [9.17, 15) is 9.90 Å². The molecule has 0 fully saturated rings. The van der Waals surface area contributed by atoms with Gasteiger partial charge < -0.3 is 24.0 Å². The minimum absolute atomic E-state index is 0.0946. The summed E-state index contributed by atoms with van der Waals surface area (Å²) in [5.74, 6) is -0.326. The molecule has 0 saturated heterocycles. The molecular formula is C27H26N2O5. The Hall–Kier alpha value is -4.26. The van der Waals surface area contributed by atoms with Crippen LogP contribution in [0.15, 0.2) is 84.0 Å². The van der Waals surface area contributed by atoms with E-state index in [-0.39, 0.29) is 11.3 Å². The summed E-state index contributed by atoms with van der Waals surface area (Å²) in [5.41, 5.74) is 3.41. The van der Waals surface area contributed by atoms with Gasteiger partial charge in [0, 0.05) is 29.9 Å². The molecule has 0 bridgehead atoms. The molecular weight excluding hydrogens is 432 g/mol. The fourth-order valence-electron chi connectivity index (χ4n) is 3.62. The highest BCUT2D eigenvalue weighted by molar-refractivity contribution is 5.92. The predicted octanol–water partition coefficient (Wildman–Crippen LogP) is 5.00. The molecule has 7 nitrogen and oxygen atoms in total. The van der Waals surface area contributed by atoms with E-state index in [0.717, 1.165) is 23.1 Å². The molecule has 7 heteroatoms. The summed E-state index contributed by atoms with van der Waals surface area (Å²) < 4.78 is 12.4. The SMILES string of the molecule is COC(=O)c1ccc(OCCCO/N=C/c2cc3ccccc3n2Cc2ccccc2)cc1O. The van der Waals surface area contributed by atoms with Crippen molar-refractivity contribution in [2.24, 2.45) is 5.16 Å². The number of phenols is 1. The lowest BCUT2D eigenvalue weighted by Crippen LogP contribution is -2.05. The number of hydrogen-bond donors (Lipinski definition) is 1. The average molecular weight is 459 g/mol. The lowest BCUT2D eigenvalue weighted by atomic mass is 10.2. The molecule has 1 aromatic heterocycles. The van der Waals surface area contributed by atoms with Gasteiger partial charge in [0.2, 0.25) is 0 Å². The van der Waals surface area contributed by atoms with Crippen LogP contribution in [-0.2, 0) is 16.1 Å². The van der Waals surface area contributed by atoms with Gasteiger partial charge in [-0.2, -0.15) is 0 Å². The van der Waals surface area contributed by atoms with Crippen molar-refractivity contribution in [2.75, 3.05) is 20.3 Å². The zero-order valence-corrected chi connectivity index (χ0v) is 18.9. The first-order valence-electron chi connectivity index (χ1n) is 11.0. The van der Waals surface area contributed by atoms with Crippen molar-refractivity contribution in [3.8, 4) is 11.5 Å². The number of benzene rings is 3. The van der Waals surface area contributed by atoms with Crippen LogP contribution < -0.4 is 4.74 Å². The summed E-state index contributed by atoms with van der Waals surface area (Å²) in [5, 5.41) is 15.2. The van der Waals surface area contributed by atoms with Crippen molar-refractivity contribution in [1.29, 1.82) is 0 Å². The number of carbonyl (C=O) groups is 1. The molecule has 4 rings (SSSR count). The van der Waals surface area contributed by atoms with Gasteiger partial charge in [-0.25, -0.2) is 4.79 Å². The molecule has 1 N–H and O–H groups in total. The summed E-state index contributed by atoms with van der Waals surface area (Å²) in [6.07, 6.45) is 2.33. The number of aromatic hydroxyl groups is 1. The van der Waals surface area contributed by atoms with Crippen molar-refractivity contribution in [2.45, 2.75) is 13.0 Å². The Kier molecular flexibility index (Phi) is 7.45. The molecule has 4 aromatic rings. The Balaban J connectivity index is 1.30. The minimum atomic E-state index is -0.599. The maximum absolute atomic E-state index is 11.5. The number of esters is 1. The standard InChI is InChI=1S/C27H26N2O5/c1-32-27(31)24-13-12-23(17-26(24)30)33-14-7-15-34-28-18-22-16-21-10-5-6-11-25(21)29(22)19-20-8-3-2-4-9-20/h2-6,8-13,16-18,30H,7,14-15,19H2,1H3/b28-18+. The number of rotatable bonds is 10. The molecule has 0 aliphatic carbocycles. The molecule has 0 radical (unpaired) electrons. The normalized spacial score (nSPS) is 11.1. The molecule has 0 saturated carbocycles. The van der Waals surface area contributed by atoms with Gasteiger partial charge in [-0.3, -0.25) is 0 Å². The number of phenolic OH excluding ortho intramolecular Hbond substituents is 1. The first kappa shape index (κ1) is 22.9. The smallest absolute Gasteiger partial charge is 0.341 e. The predicted molar refractivity (Wildman–Crippen MR) is 131 cm³/mol. The zero-order valence-electron chi connectivity index (χ0n) is 18.9. The highest BCUT2D eigenvalue weighted by atomic mass is 16.6. The Bertz CT molecular complexity index is 1280. The lowest BCUT2D eigenvalue weighted by Gasteiger charge is -2.09. The molecule has 3 aromatic carbocycles. The van der Waals surface area contributed by atoms with Crippen molar-refractivity contribution < 1.29 is 24.2 Å². The second-order valence-corrected chi connectivity index (χ2v) is 7.64. The first-order valence-corrected chi connectivity index (χ1v) is 11.0. The van der Waals surface area contributed by atoms with Crippen LogP contribution in [-0.4, -0.2) is 42.2 Å². The number of para-hydroxylation sites is 1. The van der Waals surface area contributed by atoms with E-state index in [4.69, 9.17) is 9.57 Å². The van der Waals surface area contributed by atoms with Gasteiger partial charge in [0.25, 0.3) is 0 Å². The van der Waals surface area contributed by atoms with E-state index in [0.29, 0.717) is 25.4 Å². The monoisotopic (exact) mass is 458 g/mol. The van der Waals surface area contributed by atoms with Gasteiger partial charge in [-0.1, -0.05) is 53.7 Å². The van der Waals surface area contributed by atoms with E-state index in [1.165, 1.54) is 24.8 Å². The highest BCUT2D eigenvalue weighted by Crippen LogP contribution is 2.24. The van der Waals surface area contributed by atoms with Gasteiger partial charge in [0.1, 0.15) is 23.7 Å². The largest absolute Gasteiger partial charge is 0.507 e. The van der Waals surface area contributed by atoms with Crippen LogP contribution in [0.1, 0.15) is 28.0 Å². The molecule has 34 heavy (non-hydrogen) atoms. The number of carbonyl (C=O) groups excluding carboxylic acids is 1. The van der Waals surface area contributed by atoms with Crippen molar-refractivity contribution >= 4 is 23.1 Å². The minimum Gasteiger partial charge on any atom is -0.507 e. The Labute approximate surface area is 197 Å². The van der Waals surface area contributed by atoms with E-state index in [2.05, 4.69) is 44.8 Å². The molecule has 0 aliphatic rings. The van der Waals surface area contributed by atoms with Crippen LogP contribution in [0.3, 0.4) is 0 Å². The van der Waals surface area contributed by atoms with Crippen LogP contribution in [0, 0.1) is 0 Å². The number of fused-ring (bicyclic) bond motifs is 1. The first-order chi connectivity index (χ1) is 16.7. The quantitative estimate of drug-likeness (QED) is 0.156. The summed E-state index contributed by atoms with van der Waals surface area (Å²) in [6.45, 7) is 1.49. The van der Waals surface area contributed by atoms with Crippen LogP contribution in [0.25, 0.3) is 10.9 Å². The maximum Gasteiger partial charge on any atom is 0.341 e. The molecule has 0 spiro atoms. The number of nitrogens with zero attached hydrogens (tertiary/aromatic N) is 2. The third kappa shape index (κ3) is 5.56. The molecule has 1 heterocycles. The Morgan fingerprint density at radius 2 is 1.79 bits per heavy atom. The van der Waals surface area contributed by atoms with E-state index < -0.39 is 5.97 Å². The second kappa shape index (κ2) is 11.0. The van der Waals surface area contributed by atoms with Crippen molar-refractivity contribution in [3.63, 3.8) is 0 Å². The van der Waals surface area contributed by atoms with E-state index in [1.807, 2.05) is 30.3 Å². The van der Waals surface area contributed by atoms with Crippen molar-refractivity contribution in [1.82, 2.24) is 4.57 Å². The molecule has 0 amide bonds. The maximum atomic E-state index is 11.5. The van der Waals surface area contributed by atoms with E-state index >= 15 is 0 Å².